The van der Waals surface area contributed by atoms with Crippen LogP contribution in [0.3, 0.4) is 0 Å². The molecule has 0 radical (unpaired) electrons. The van der Waals surface area contributed by atoms with Crippen molar-refractivity contribution in [2.24, 2.45) is 5.92 Å². The summed E-state index contributed by atoms with van der Waals surface area (Å²) in [6.07, 6.45) is 2.02. The van der Waals surface area contributed by atoms with Gasteiger partial charge in [-0.2, -0.15) is 0 Å². The molecule has 0 unspecified atom stereocenters. The molecule has 1 fully saturated rings. The average Bonchev–Trinajstić information content (AvgIpc) is 2.68. The van der Waals surface area contributed by atoms with Crippen LogP contribution in [0.5, 0.6) is 5.75 Å². The molecule has 1 saturated heterocycles. The molecule has 2 aromatic rings. The van der Waals surface area contributed by atoms with E-state index < -0.39 is 11.9 Å². The van der Waals surface area contributed by atoms with Crippen LogP contribution in [0.15, 0.2) is 42.5 Å². The van der Waals surface area contributed by atoms with E-state index in [1.165, 1.54) is 18.2 Å². The van der Waals surface area contributed by atoms with Crippen LogP contribution >= 0.6 is 0 Å². The molecule has 2 heterocycles. The Hall–Kier alpha value is -2.93. The first-order valence-electron chi connectivity index (χ1n) is 8.44. The largest absolute Gasteiger partial charge is 0.493 e. The van der Waals surface area contributed by atoms with E-state index in [9.17, 15) is 9.59 Å². The van der Waals surface area contributed by atoms with Gasteiger partial charge in [-0.05, 0) is 55.2 Å². The van der Waals surface area contributed by atoms with Gasteiger partial charge in [0.2, 0.25) is 0 Å². The molecule has 1 aliphatic rings. The lowest BCUT2D eigenvalue weighted by Gasteiger charge is -2.22. The maximum Gasteiger partial charge on any atom is 0.354 e. The molecule has 7 heteroatoms. The number of anilines is 1. The van der Waals surface area contributed by atoms with E-state index in [1.807, 2.05) is 0 Å². The predicted molar refractivity (Wildman–Crippen MR) is 94.6 cm³/mol. The van der Waals surface area contributed by atoms with Crippen LogP contribution in [0.25, 0.3) is 0 Å². The van der Waals surface area contributed by atoms with Crippen LogP contribution in [0, 0.1) is 5.92 Å². The topological polar surface area (TPSA) is 97.8 Å². The summed E-state index contributed by atoms with van der Waals surface area (Å²) in [7, 11) is 0. The number of rotatable bonds is 6. The van der Waals surface area contributed by atoms with Crippen molar-refractivity contribution < 1.29 is 24.2 Å². The zero-order chi connectivity index (χ0) is 18.4. The van der Waals surface area contributed by atoms with Gasteiger partial charge >= 0.3 is 5.97 Å². The van der Waals surface area contributed by atoms with Gasteiger partial charge in [-0.25, -0.2) is 9.78 Å². The van der Waals surface area contributed by atoms with E-state index in [0.29, 0.717) is 18.2 Å². The van der Waals surface area contributed by atoms with Crippen molar-refractivity contribution in [2.45, 2.75) is 12.8 Å². The van der Waals surface area contributed by atoms with Gasteiger partial charge in [0.15, 0.2) is 0 Å². The van der Waals surface area contributed by atoms with Crippen molar-refractivity contribution in [1.82, 2.24) is 4.98 Å². The van der Waals surface area contributed by atoms with Crippen molar-refractivity contribution in [1.29, 1.82) is 0 Å². The number of nitrogens with one attached hydrogen (secondary N) is 1. The van der Waals surface area contributed by atoms with Gasteiger partial charge in [-0.15, -0.1) is 0 Å². The van der Waals surface area contributed by atoms with E-state index in [-0.39, 0.29) is 11.4 Å². The first kappa shape index (κ1) is 17.9. The van der Waals surface area contributed by atoms with Crippen LogP contribution in [0.4, 0.5) is 5.69 Å². The second kappa shape index (κ2) is 8.44. The fourth-order valence-electron chi connectivity index (χ4n) is 2.64. The number of aromatic nitrogens is 1. The van der Waals surface area contributed by atoms with Crippen LogP contribution in [0.2, 0.25) is 0 Å². The molecule has 0 atom stereocenters. The maximum atomic E-state index is 12.2. The molecule has 0 aliphatic carbocycles. The molecular weight excluding hydrogens is 336 g/mol. The first-order chi connectivity index (χ1) is 12.6. The summed E-state index contributed by atoms with van der Waals surface area (Å²) in [6.45, 7) is 2.23. The second-order valence-electron chi connectivity index (χ2n) is 6.06. The van der Waals surface area contributed by atoms with E-state index >= 15 is 0 Å². The Kier molecular flexibility index (Phi) is 5.80. The molecule has 1 amide bonds. The minimum atomic E-state index is -1.18. The molecule has 0 bridgehead atoms. The summed E-state index contributed by atoms with van der Waals surface area (Å²) < 4.78 is 11.1. The highest BCUT2D eigenvalue weighted by atomic mass is 16.5. The number of benzene rings is 1. The number of nitrogens with zero attached hydrogens (tertiary/aromatic N) is 1. The SMILES string of the molecule is O=C(O)c1cccc(C(=O)Nc2ccc(OCC3CCOCC3)cc2)n1. The summed E-state index contributed by atoms with van der Waals surface area (Å²) >= 11 is 0. The third-order valence-corrected chi connectivity index (χ3v) is 4.14. The molecule has 1 aromatic heterocycles. The number of amides is 1. The first-order valence-corrected chi connectivity index (χ1v) is 8.44. The third kappa shape index (κ3) is 4.80. The van der Waals surface area contributed by atoms with Crippen molar-refractivity contribution in [3.8, 4) is 5.75 Å². The van der Waals surface area contributed by atoms with E-state index in [2.05, 4.69) is 10.3 Å². The monoisotopic (exact) mass is 356 g/mol. The third-order valence-electron chi connectivity index (χ3n) is 4.14. The van der Waals surface area contributed by atoms with Crippen molar-refractivity contribution in [2.75, 3.05) is 25.1 Å². The number of carbonyl (C=O) groups excluding carboxylic acids is 1. The van der Waals surface area contributed by atoms with Gasteiger partial charge in [-0.1, -0.05) is 6.07 Å². The molecule has 1 aliphatic heterocycles. The Bertz CT molecular complexity index is 770. The molecule has 7 nitrogen and oxygen atoms in total. The summed E-state index contributed by atoms with van der Waals surface area (Å²) in [5.74, 6) is -0.397. The van der Waals surface area contributed by atoms with Gasteiger partial charge in [0.1, 0.15) is 17.1 Å². The highest BCUT2D eigenvalue weighted by Crippen LogP contribution is 2.20. The lowest BCUT2D eigenvalue weighted by molar-refractivity contribution is 0.0497. The minimum Gasteiger partial charge on any atom is -0.493 e. The lowest BCUT2D eigenvalue weighted by Crippen LogP contribution is -2.21. The number of carboxylic acid groups (broad SMARTS) is 1. The Labute approximate surface area is 151 Å². The van der Waals surface area contributed by atoms with Crippen molar-refractivity contribution in [3.63, 3.8) is 0 Å². The molecule has 136 valence electrons. The molecule has 0 saturated carbocycles. The average molecular weight is 356 g/mol. The van der Waals surface area contributed by atoms with E-state index in [1.54, 1.807) is 24.3 Å². The van der Waals surface area contributed by atoms with Gasteiger partial charge in [0.05, 0.1) is 6.61 Å². The fourth-order valence-corrected chi connectivity index (χ4v) is 2.64. The fraction of sp³-hybridized carbons (Fsp3) is 0.316. The number of pyridine rings is 1. The van der Waals surface area contributed by atoms with E-state index in [0.717, 1.165) is 31.8 Å². The summed E-state index contributed by atoms with van der Waals surface area (Å²) in [5.41, 5.74) is 0.454. The van der Waals surface area contributed by atoms with Gasteiger partial charge in [0.25, 0.3) is 5.91 Å². The molecule has 0 spiro atoms. The maximum absolute atomic E-state index is 12.2. The van der Waals surface area contributed by atoms with E-state index in [4.69, 9.17) is 14.6 Å². The molecule has 1 aromatic carbocycles. The molecule has 3 rings (SSSR count). The Morgan fingerprint density at radius 3 is 2.50 bits per heavy atom. The number of carbonyl (C=O) groups is 2. The van der Waals surface area contributed by atoms with Crippen LogP contribution in [-0.2, 0) is 4.74 Å². The highest BCUT2D eigenvalue weighted by molar-refractivity contribution is 6.03. The minimum absolute atomic E-state index is 0.0461. The zero-order valence-corrected chi connectivity index (χ0v) is 14.2. The van der Waals surface area contributed by atoms with Crippen LogP contribution < -0.4 is 10.1 Å². The summed E-state index contributed by atoms with van der Waals surface area (Å²) in [4.78, 5) is 26.9. The number of hydrogen-bond acceptors (Lipinski definition) is 5. The van der Waals surface area contributed by atoms with Gasteiger partial charge in [0, 0.05) is 18.9 Å². The van der Waals surface area contributed by atoms with Gasteiger partial charge < -0.3 is 19.9 Å². The smallest absolute Gasteiger partial charge is 0.354 e. The number of hydrogen-bond donors (Lipinski definition) is 2. The second-order valence-corrected chi connectivity index (χ2v) is 6.06. The summed E-state index contributed by atoms with van der Waals surface area (Å²) in [5, 5.41) is 11.6. The lowest BCUT2D eigenvalue weighted by atomic mass is 10.0. The quantitative estimate of drug-likeness (QED) is 0.826. The van der Waals surface area contributed by atoms with Gasteiger partial charge in [-0.3, -0.25) is 4.79 Å². The van der Waals surface area contributed by atoms with Crippen LogP contribution in [0.1, 0.15) is 33.8 Å². The zero-order valence-electron chi connectivity index (χ0n) is 14.2. The molecule has 2 N–H and O–H groups in total. The summed E-state index contributed by atoms with van der Waals surface area (Å²) in [6, 6.07) is 11.3. The Morgan fingerprint density at radius 2 is 1.81 bits per heavy atom. The number of carboxylic acids is 1. The Morgan fingerprint density at radius 1 is 1.12 bits per heavy atom. The van der Waals surface area contributed by atoms with Crippen LogP contribution in [-0.4, -0.2) is 41.8 Å². The standard InChI is InChI=1S/C19H20N2O5/c22-18(16-2-1-3-17(21-16)19(23)24)20-14-4-6-15(7-5-14)26-12-13-8-10-25-11-9-13/h1-7,13H,8-12H2,(H,20,22)(H,23,24). The Balaban J connectivity index is 1.55. The van der Waals surface area contributed by atoms with Crippen molar-refractivity contribution in [3.05, 3.63) is 53.9 Å². The number of aromatic carboxylic acids is 1. The predicted octanol–water partition coefficient (Wildman–Crippen LogP) is 2.84. The highest BCUT2D eigenvalue weighted by Gasteiger charge is 2.15. The molecule has 26 heavy (non-hydrogen) atoms. The normalized spacial score (nSPS) is 14.6. The number of ether oxygens (including phenoxy) is 2. The van der Waals surface area contributed by atoms with Crippen molar-refractivity contribution >= 4 is 17.6 Å². The molecular formula is C19H20N2O5.